The predicted octanol–water partition coefficient (Wildman–Crippen LogP) is 3.04. The molecule has 0 spiro atoms. The fourth-order valence-corrected chi connectivity index (χ4v) is 3.81. The van der Waals surface area contributed by atoms with Gasteiger partial charge < -0.3 is 5.32 Å². The third-order valence-electron chi connectivity index (χ3n) is 4.40. The summed E-state index contributed by atoms with van der Waals surface area (Å²) in [5.41, 5.74) is 2.30. The number of nitrogens with one attached hydrogen (secondary N) is 1. The first-order valence-electron chi connectivity index (χ1n) is 8.81. The molecule has 0 unspecified atom stereocenters. The molecule has 2 rings (SSSR count). The van der Waals surface area contributed by atoms with E-state index in [4.69, 9.17) is 5.26 Å². The number of sulfonamides is 1. The Labute approximate surface area is 155 Å². The molecule has 1 aliphatic carbocycles. The molecular formula is C19H25N3O3S. The lowest BCUT2D eigenvalue weighted by Gasteiger charge is -2.21. The summed E-state index contributed by atoms with van der Waals surface area (Å²) in [6.07, 6.45) is 8.64. The first-order chi connectivity index (χ1) is 12.4. The Kier molecular flexibility index (Phi) is 7.37. The average Bonchev–Trinajstić information content (AvgIpc) is 2.61. The highest BCUT2D eigenvalue weighted by Gasteiger charge is 2.18. The highest BCUT2D eigenvalue weighted by Crippen LogP contribution is 2.21. The summed E-state index contributed by atoms with van der Waals surface area (Å²) in [5, 5.41) is 11.6. The van der Waals surface area contributed by atoms with Crippen molar-refractivity contribution < 1.29 is 13.2 Å². The van der Waals surface area contributed by atoms with Crippen LogP contribution in [0.25, 0.3) is 0 Å². The van der Waals surface area contributed by atoms with Crippen LogP contribution < -0.4 is 5.32 Å². The van der Waals surface area contributed by atoms with Crippen molar-refractivity contribution in [1.29, 1.82) is 5.26 Å². The first kappa shape index (κ1) is 20.1. The Morgan fingerprint density at radius 1 is 1.31 bits per heavy atom. The fraction of sp³-hybridized carbons (Fsp3) is 0.474. The number of hydrogen-bond donors (Lipinski definition) is 1. The molecule has 6 nitrogen and oxygen atoms in total. The van der Waals surface area contributed by atoms with Crippen LogP contribution in [0.4, 0.5) is 5.69 Å². The van der Waals surface area contributed by atoms with Crippen LogP contribution in [0.15, 0.2) is 35.9 Å². The molecule has 1 amide bonds. The first-order valence-corrected chi connectivity index (χ1v) is 10.7. The second kappa shape index (κ2) is 9.51. The van der Waals surface area contributed by atoms with Crippen LogP contribution in [0.3, 0.4) is 0 Å². The lowest BCUT2D eigenvalue weighted by molar-refractivity contribution is -0.116. The topological polar surface area (TPSA) is 90.3 Å². The summed E-state index contributed by atoms with van der Waals surface area (Å²) in [6, 6.07) is 8.64. The van der Waals surface area contributed by atoms with Crippen molar-refractivity contribution >= 4 is 21.6 Å². The van der Waals surface area contributed by atoms with Gasteiger partial charge in [-0.1, -0.05) is 17.7 Å². The van der Waals surface area contributed by atoms with Crippen molar-refractivity contribution in [3.05, 3.63) is 41.5 Å². The average molecular weight is 375 g/mol. The van der Waals surface area contributed by atoms with Crippen LogP contribution in [-0.4, -0.2) is 38.0 Å². The number of nitriles is 1. The van der Waals surface area contributed by atoms with E-state index in [0.29, 0.717) is 17.8 Å². The van der Waals surface area contributed by atoms with Gasteiger partial charge in [0.2, 0.25) is 15.9 Å². The van der Waals surface area contributed by atoms with Gasteiger partial charge in [0.1, 0.15) is 0 Å². The third-order valence-corrected chi connectivity index (χ3v) is 5.70. The zero-order valence-corrected chi connectivity index (χ0v) is 15.9. The normalized spacial score (nSPS) is 14.6. The van der Waals surface area contributed by atoms with Gasteiger partial charge in [0, 0.05) is 25.2 Å². The maximum atomic E-state index is 12.1. The summed E-state index contributed by atoms with van der Waals surface area (Å²) in [7, 11) is -3.36. The largest absolute Gasteiger partial charge is 0.326 e. The highest BCUT2D eigenvalue weighted by molar-refractivity contribution is 7.88. The van der Waals surface area contributed by atoms with E-state index in [2.05, 4.69) is 11.4 Å². The van der Waals surface area contributed by atoms with Gasteiger partial charge in [0.25, 0.3) is 0 Å². The number of anilines is 1. The molecule has 0 saturated heterocycles. The number of hydrogen-bond acceptors (Lipinski definition) is 4. The minimum Gasteiger partial charge on any atom is -0.326 e. The maximum absolute atomic E-state index is 12.1. The van der Waals surface area contributed by atoms with E-state index in [1.807, 2.05) is 6.07 Å². The Bertz CT molecular complexity index is 810. The second-order valence-corrected chi connectivity index (χ2v) is 8.49. The molecule has 0 heterocycles. The summed E-state index contributed by atoms with van der Waals surface area (Å²) in [4.78, 5) is 12.1. The minimum atomic E-state index is -3.36. The van der Waals surface area contributed by atoms with Crippen LogP contribution >= 0.6 is 0 Å². The molecule has 1 aromatic rings. The molecule has 1 aliphatic rings. The van der Waals surface area contributed by atoms with E-state index in [1.165, 1.54) is 22.6 Å². The Morgan fingerprint density at radius 3 is 2.77 bits per heavy atom. The van der Waals surface area contributed by atoms with Gasteiger partial charge in [-0.05, 0) is 50.3 Å². The van der Waals surface area contributed by atoms with Gasteiger partial charge in [0.05, 0.1) is 17.9 Å². The molecule has 0 bridgehead atoms. The molecule has 0 aliphatic heterocycles. The van der Waals surface area contributed by atoms with Crippen molar-refractivity contribution in [1.82, 2.24) is 4.31 Å². The number of nitrogens with zero attached hydrogens (tertiary/aromatic N) is 2. The molecule has 1 N–H and O–H groups in total. The Morgan fingerprint density at radius 2 is 2.12 bits per heavy atom. The van der Waals surface area contributed by atoms with Crippen LogP contribution in [-0.2, 0) is 14.8 Å². The Balaban J connectivity index is 1.88. The van der Waals surface area contributed by atoms with E-state index in [9.17, 15) is 13.2 Å². The summed E-state index contributed by atoms with van der Waals surface area (Å²) >= 11 is 0. The van der Waals surface area contributed by atoms with Gasteiger partial charge in [-0.25, -0.2) is 12.7 Å². The van der Waals surface area contributed by atoms with E-state index < -0.39 is 10.0 Å². The van der Waals surface area contributed by atoms with E-state index in [-0.39, 0.29) is 18.9 Å². The van der Waals surface area contributed by atoms with E-state index in [1.54, 1.807) is 24.3 Å². The molecule has 0 fully saturated rings. The number of benzene rings is 1. The van der Waals surface area contributed by atoms with Crippen molar-refractivity contribution in [3.63, 3.8) is 0 Å². The minimum absolute atomic E-state index is 0.0723. The van der Waals surface area contributed by atoms with E-state index in [0.717, 1.165) is 25.7 Å². The fourth-order valence-electron chi connectivity index (χ4n) is 2.96. The molecule has 140 valence electrons. The summed E-state index contributed by atoms with van der Waals surface area (Å²) in [6.45, 7) is 0.553. The van der Waals surface area contributed by atoms with Gasteiger partial charge in [-0.15, -0.1) is 0 Å². The monoisotopic (exact) mass is 375 g/mol. The van der Waals surface area contributed by atoms with Crippen molar-refractivity contribution in [3.8, 4) is 6.07 Å². The van der Waals surface area contributed by atoms with E-state index >= 15 is 0 Å². The second-order valence-electron chi connectivity index (χ2n) is 6.51. The lowest BCUT2D eigenvalue weighted by atomic mass is 9.97. The zero-order valence-electron chi connectivity index (χ0n) is 15.1. The Hall–Kier alpha value is -2.17. The maximum Gasteiger partial charge on any atom is 0.225 e. The molecule has 1 aromatic carbocycles. The third kappa shape index (κ3) is 6.62. The molecular weight excluding hydrogens is 350 g/mol. The lowest BCUT2D eigenvalue weighted by Crippen LogP contribution is -2.34. The van der Waals surface area contributed by atoms with Gasteiger partial charge in [-0.3, -0.25) is 4.79 Å². The van der Waals surface area contributed by atoms with Crippen LogP contribution in [0.5, 0.6) is 0 Å². The van der Waals surface area contributed by atoms with Gasteiger partial charge in [-0.2, -0.15) is 5.26 Å². The number of carbonyl (C=O) groups is 1. The molecule has 0 saturated carbocycles. The molecule has 7 heteroatoms. The van der Waals surface area contributed by atoms with Crippen molar-refractivity contribution in [2.75, 3.05) is 24.7 Å². The number of rotatable bonds is 8. The number of allylic oxidation sites excluding steroid dienone is 1. The summed E-state index contributed by atoms with van der Waals surface area (Å²) in [5.74, 6) is -0.273. The molecule has 0 radical (unpaired) electrons. The van der Waals surface area contributed by atoms with Gasteiger partial charge >= 0.3 is 0 Å². The predicted molar refractivity (Wildman–Crippen MR) is 102 cm³/mol. The SMILES string of the molecule is CS(=O)(=O)N(CCC(=O)Nc1cccc(C#N)c1)CCC1=CCCCC1. The van der Waals surface area contributed by atoms with Crippen molar-refractivity contribution in [2.45, 2.75) is 38.5 Å². The highest BCUT2D eigenvalue weighted by atomic mass is 32.2. The molecule has 0 aromatic heterocycles. The standard InChI is InChI=1S/C19H25N3O3S/c1-26(24,25)22(12-10-16-6-3-2-4-7-16)13-11-19(23)21-18-9-5-8-17(14-18)15-20/h5-6,8-9,14H,2-4,7,10-13H2,1H3,(H,21,23). The quantitative estimate of drug-likeness (QED) is 0.707. The van der Waals surface area contributed by atoms with Crippen LogP contribution in [0.1, 0.15) is 44.1 Å². The molecule has 0 atom stereocenters. The molecule has 26 heavy (non-hydrogen) atoms. The number of carbonyl (C=O) groups excluding carboxylic acids is 1. The van der Waals surface area contributed by atoms with Crippen LogP contribution in [0.2, 0.25) is 0 Å². The number of amides is 1. The smallest absolute Gasteiger partial charge is 0.225 e. The zero-order chi connectivity index (χ0) is 19.0. The van der Waals surface area contributed by atoms with Crippen LogP contribution in [0, 0.1) is 11.3 Å². The summed E-state index contributed by atoms with van der Waals surface area (Å²) < 4.78 is 25.4. The van der Waals surface area contributed by atoms with Crippen molar-refractivity contribution in [2.24, 2.45) is 0 Å². The van der Waals surface area contributed by atoms with Gasteiger partial charge in [0.15, 0.2) is 0 Å².